The Labute approximate surface area is 117 Å². The van der Waals surface area contributed by atoms with Crippen molar-refractivity contribution in [1.29, 1.82) is 0 Å². The number of rotatable bonds is 6. The van der Waals surface area contributed by atoms with Crippen LogP contribution in [0.4, 0.5) is 0 Å². The van der Waals surface area contributed by atoms with Gasteiger partial charge in [-0.05, 0) is 57.2 Å². The van der Waals surface area contributed by atoms with Crippen molar-refractivity contribution in [3.63, 3.8) is 0 Å². The second-order valence-corrected chi connectivity index (χ2v) is 5.72. The van der Waals surface area contributed by atoms with E-state index in [9.17, 15) is 0 Å². The lowest BCUT2D eigenvalue weighted by atomic mass is 9.98. The van der Waals surface area contributed by atoms with Crippen molar-refractivity contribution < 1.29 is 4.74 Å². The molecule has 0 radical (unpaired) electrons. The normalized spacial score (nSPS) is 19.3. The van der Waals surface area contributed by atoms with Crippen LogP contribution in [0.2, 0.25) is 0 Å². The molecule has 0 saturated heterocycles. The van der Waals surface area contributed by atoms with E-state index in [4.69, 9.17) is 4.74 Å². The quantitative estimate of drug-likeness (QED) is 0.823. The van der Waals surface area contributed by atoms with Gasteiger partial charge in [0.2, 0.25) is 0 Å². The molecule has 1 aromatic carbocycles. The molecule has 2 rings (SSSR count). The molecule has 1 aliphatic carbocycles. The number of ether oxygens (including phenoxy) is 1. The summed E-state index contributed by atoms with van der Waals surface area (Å²) >= 11 is 0. The molecule has 2 heteroatoms. The maximum absolute atomic E-state index is 5.48. The summed E-state index contributed by atoms with van der Waals surface area (Å²) in [5, 5.41) is 3.75. The van der Waals surface area contributed by atoms with Gasteiger partial charge in [-0.3, -0.25) is 0 Å². The highest BCUT2D eigenvalue weighted by molar-refractivity contribution is 5.29. The second kappa shape index (κ2) is 6.95. The van der Waals surface area contributed by atoms with E-state index < -0.39 is 0 Å². The first kappa shape index (κ1) is 14.4. The molecule has 0 aliphatic heterocycles. The molecule has 1 N–H and O–H groups in total. The van der Waals surface area contributed by atoms with Gasteiger partial charge in [0.05, 0.1) is 6.61 Å². The smallest absolute Gasteiger partial charge is 0.119 e. The highest BCUT2D eigenvalue weighted by Gasteiger charge is 2.22. The third kappa shape index (κ3) is 3.97. The monoisotopic (exact) mass is 261 g/mol. The van der Waals surface area contributed by atoms with Crippen LogP contribution in [0.1, 0.15) is 58.1 Å². The fraction of sp³-hybridized carbons (Fsp3) is 0.647. The average Bonchev–Trinajstić information content (AvgIpc) is 2.94. The van der Waals surface area contributed by atoms with Crippen LogP contribution in [-0.2, 0) is 0 Å². The molecule has 0 spiro atoms. The van der Waals surface area contributed by atoms with E-state index in [0.29, 0.717) is 12.1 Å². The number of hydrogen-bond donors (Lipinski definition) is 1. The highest BCUT2D eigenvalue weighted by Crippen LogP contribution is 2.29. The lowest BCUT2D eigenvalue weighted by molar-refractivity contribution is 0.339. The molecule has 19 heavy (non-hydrogen) atoms. The van der Waals surface area contributed by atoms with Gasteiger partial charge in [0, 0.05) is 12.1 Å². The van der Waals surface area contributed by atoms with Gasteiger partial charge in [0.25, 0.3) is 0 Å². The first-order chi connectivity index (χ1) is 9.20. The molecule has 0 bridgehead atoms. The standard InChI is InChI=1S/C17H27NO/c1-4-19-17-11-9-16(10-12-17)14(3)18-13(2)15-7-5-6-8-15/h9-15,18H,4-8H2,1-3H3/t13-,14?/m1/s1. The topological polar surface area (TPSA) is 21.3 Å². The molecule has 0 aromatic heterocycles. The third-order valence-corrected chi connectivity index (χ3v) is 4.31. The van der Waals surface area contributed by atoms with E-state index >= 15 is 0 Å². The van der Waals surface area contributed by atoms with Gasteiger partial charge >= 0.3 is 0 Å². The molecule has 1 unspecified atom stereocenters. The van der Waals surface area contributed by atoms with E-state index in [1.165, 1.54) is 31.2 Å². The molecule has 0 heterocycles. The molecule has 2 atom stereocenters. The van der Waals surface area contributed by atoms with Crippen LogP contribution in [0.3, 0.4) is 0 Å². The SMILES string of the molecule is CCOc1ccc(C(C)N[C@H](C)C2CCCC2)cc1. The van der Waals surface area contributed by atoms with Crippen molar-refractivity contribution >= 4 is 0 Å². The Morgan fingerprint density at radius 1 is 1.16 bits per heavy atom. The first-order valence-electron chi connectivity index (χ1n) is 7.69. The Morgan fingerprint density at radius 3 is 2.37 bits per heavy atom. The maximum atomic E-state index is 5.48. The first-order valence-corrected chi connectivity index (χ1v) is 7.69. The molecular weight excluding hydrogens is 234 g/mol. The Hall–Kier alpha value is -1.02. The highest BCUT2D eigenvalue weighted by atomic mass is 16.5. The predicted octanol–water partition coefficient (Wildman–Crippen LogP) is 4.31. The minimum atomic E-state index is 0.409. The predicted molar refractivity (Wildman–Crippen MR) is 80.6 cm³/mol. The lowest BCUT2D eigenvalue weighted by Gasteiger charge is -2.25. The Morgan fingerprint density at radius 2 is 1.79 bits per heavy atom. The van der Waals surface area contributed by atoms with Gasteiger partial charge in [0.1, 0.15) is 5.75 Å². The van der Waals surface area contributed by atoms with E-state index in [1.807, 2.05) is 6.92 Å². The summed E-state index contributed by atoms with van der Waals surface area (Å²) in [6.45, 7) is 7.33. The summed E-state index contributed by atoms with van der Waals surface area (Å²) in [6, 6.07) is 9.50. The molecule has 1 aromatic rings. The minimum absolute atomic E-state index is 0.409. The summed E-state index contributed by atoms with van der Waals surface area (Å²) in [7, 11) is 0. The van der Waals surface area contributed by atoms with E-state index in [0.717, 1.165) is 18.3 Å². The molecule has 1 aliphatic rings. The van der Waals surface area contributed by atoms with Crippen molar-refractivity contribution in [3.05, 3.63) is 29.8 Å². The maximum Gasteiger partial charge on any atom is 0.119 e. The molecule has 1 fully saturated rings. The van der Waals surface area contributed by atoms with Crippen LogP contribution < -0.4 is 10.1 Å². The zero-order valence-electron chi connectivity index (χ0n) is 12.5. The van der Waals surface area contributed by atoms with Crippen LogP contribution in [-0.4, -0.2) is 12.6 Å². The van der Waals surface area contributed by atoms with Crippen LogP contribution >= 0.6 is 0 Å². The summed E-state index contributed by atoms with van der Waals surface area (Å²) in [6.07, 6.45) is 5.61. The van der Waals surface area contributed by atoms with Gasteiger partial charge < -0.3 is 10.1 Å². The third-order valence-electron chi connectivity index (χ3n) is 4.31. The van der Waals surface area contributed by atoms with Crippen molar-refractivity contribution in [2.75, 3.05) is 6.61 Å². The zero-order chi connectivity index (χ0) is 13.7. The summed E-state index contributed by atoms with van der Waals surface area (Å²) in [5.41, 5.74) is 1.34. The van der Waals surface area contributed by atoms with E-state index in [-0.39, 0.29) is 0 Å². The zero-order valence-corrected chi connectivity index (χ0v) is 12.5. The Kier molecular flexibility index (Phi) is 5.26. The fourth-order valence-electron chi connectivity index (χ4n) is 3.10. The van der Waals surface area contributed by atoms with Crippen molar-refractivity contribution in [2.45, 2.75) is 58.5 Å². The Bertz CT molecular complexity index is 367. The summed E-state index contributed by atoms with van der Waals surface area (Å²) in [5.74, 6) is 1.83. The second-order valence-electron chi connectivity index (χ2n) is 5.72. The molecule has 106 valence electrons. The van der Waals surface area contributed by atoms with Crippen LogP contribution in [0.15, 0.2) is 24.3 Å². The Balaban J connectivity index is 1.89. The molecule has 2 nitrogen and oxygen atoms in total. The van der Waals surface area contributed by atoms with Gasteiger partial charge in [0.15, 0.2) is 0 Å². The number of benzene rings is 1. The van der Waals surface area contributed by atoms with Gasteiger partial charge in [-0.2, -0.15) is 0 Å². The van der Waals surface area contributed by atoms with Crippen LogP contribution in [0, 0.1) is 5.92 Å². The van der Waals surface area contributed by atoms with E-state index in [1.54, 1.807) is 0 Å². The van der Waals surface area contributed by atoms with E-state index in [2.05, 4.69) is 43.4 Å². The largest absolute Gasteiger partial charge is 0.494 e. The minimum Gasteiger partial charge on any atom is -0.494 e. The van der Waals surface area contributed by atoms with Gasteiger partial charge in [-0.1, -0.05) is 25.0 Å². The van der Waals surface area contributed by atoms with Crippen LogP contribution in [0.5, 0.6) is 5.75 Å². The van der Waals surface area contributed by atoms with Gasteiger partial charge in [-0.15, -0.1) is 0 Å². The summed E-state index contributed by atoms with van der Waals surface area (Å²) < 4.78 is 5.48. The fourth-order valence-corrected chi connectivity index (χ4v) is 3.10. The molecule has 0 amide bonds. The summed E-state index contributed by atoms with van der Waals surface area (Å²) in [4.78, 5) is 0. The average molecular weight is 261 g/mol. The lowest BCUT2D eigenvalue weighted by Crippen LogP contribution is -2.34. The molecular formula is C17H27NO. The van der Waals surface area contributed by atoms with Crippen molar-refractivity contribution in [1.82, 2.24) is 5.32 Å². The van der Waals surface area contributed by atoms with Crippen LogP contribution in [0.25, 0.3) is 0 Å². The number of nitrogens with one attached hydrogen (secondary N) is 1. The number of hydrogen-bond acceptors (Lipinski definition) is 2. The van der Waals surface area contributed by atoms with Gasteiger partial charge in [-0.25, -0.2) is 0 Å². The van der Waals surface area contributed by atoms with Crippen molar-refractivity contribution in [3.8, 4) is 5.75 Å². The van der Waals surface area contributed by atoms with Crippen molar-refractivity contribution in [2.24, 2.45) is 5.92 Å². The molecule has 1 saturated carbocycles.